The van der Waals surface area contributed by atoms with Gasteiger partial charge in [0.1, 0.15) is 10.7 Å². The molecule has 1 aromatic carbocycles. The third-order valence-electron chi connectivity index (χ3n) is 4.91. The second-order valence-electron chi connectivity index (χ2n) is 6.53. The number of thiazole rings is 1. The SMILES string of the molecule is COC(=O)c1sc(NC(=O)C2(c3cccc(F)c3)CCCCC2)nc1C. The summed E-state index contributed by atoms with van der Waals surface area (Å²) >= 11 is 1.09. The summed E-state index contributed by atoms with van der Waals surface area (Å²) in [5.74, 6) is -1.02. The van der Waals surface area contributed by atoms with E-state index in [2.05, 4.69) is 10.3 Å². The minimum absolute atomic E-state index is 0.201. The Bertz CT molecular complexity index is 828. The molecule has 1 aliphatic rings. The average Bonchev–Trinajstić information content (AvgIpc) is 3.01. The molecule has 0 unspecified atom stereocenters. The van der Waals surface area contributed by atoms with Gasteiger partial charge < -0.3 is 10.1 Å². The van der Waals surface area contributed by atoms with Gasteiger partial charge in [0, 0.05) is 0 Å². The Hall–Kier alpha value is -2.28. The van der Waals surface area contributed by atoms with Crippen molar-refractivity contribution >= 4 is 28.3 Å². The molecule has 3 rings (SSSR count). The van der Waals surface area contributed by atoms with Gasteiger partial charge in [-0.15, -0.1) is 0 Å². The number of aromatic nitrogens is 1. The van der Waals surface area contributed by atoms with Gasteiger partial charge in [0.15, 0.2) is 5.13 Å². The van der Waals surface area contributed by atoms with Crippen LogP contribution in [-0.2, 0) is 14.9 Å². The van der Waals surface area contributed by atoms with E-state index in [-0.39, 0.29) is 11.7 Å². The van der Waals surface area contributed by atoms with Crippen LogP contribution in [0, 0.1) is 12.7 Å². The minimum Gasteiger partial charge on any atom is -0.465 e. The average molecular weight is 376 g/mol. The van der Waals surface area contributed by atoms with Crippen LogP contribution in [-0.4, -0.2) is 24.0 Å². The Morgan fingerprint density at radius 2 is 2.00 bits per heavy atom. The molecule has 1 aliphatic carbocycles. The number of hydrogen-bond donors (Lipinski definition) is 1. The predicted molar refractivity (Wildman–Crippen MR) is 98.0 cm³/mol. The van der Waals surface area contributed by atoms with Crippen LogP contribution in [0.15, 0.2) is 24.3 Å². The number of nitrogens with one attached hydrogen (secondary N) is 1. The fourth-order valence-electron chi connectivity index (χ4n) is 3.54. The summed E-state index contributed by atoms with van der Waals surface area (Å²) in [6.45, 7) is 1.70. The Morgan fingerprint density at radius 3 is 2.65 bits per heavy atom. The molecule has 7 heteroatoms. The molecule has 0 bridgehead atoms. The number of ether oxygens (including phenoxy) is 1. The minimum atomic E-state index is -0.772. The molecule has 1 amide bonds. The van der Waals surface area contributed by atoms with E-state index in [0.29, 0.717) is 34.1 Å². The van der Waals surface area contributed by atoms with E-state index in [1.54, 1.807) is 19.1 Å². The zero-order valence-corrected chi connectivity index (χ0v) is 15.6. The van der Waals surface area contributed by atoms with Crippen LogP contribution >= 0.6 is 11.3 Å². The molecular weight excluding hydrogens is 355 g/mol. The van der Waals surface area contributed by atoms with Crippen LogP contribution in [0.3, 0.4) is 0 Å². The van der Waals surface area contributed by atoms with Crippen molar-refractivity contribution in [2.75, 3.05) is 12.4 Å². The highest BCUT2D eigenvalue weighted by molar-refractivity contribution is 7.17. The molecule has 0 saturated heterocycles. The van der Waals surface area contributed by atoms with Gasteiger partial charge in [-0.05, 0) is 37.5 Å². The van der Waals surface area contributed by atoms with Gasteiger partial charge in [-0.3, -0.25) is 4.79 Å². The third-order valence-corrected chi connectivity index (χ3v) is 5.96. The lowest BCUT2D eigenvalue weighted by Crippen LogP contribution is -2.42. The first-order chi connectivity index (χ1) is 12.5. The number of halogens is 1. The maximum atomic E-state index is 13.8. The van der Waals surface area contributed by atoms with Crippen LogP contribution < -0.4 is 5.32 Å². The summed E-state index contributed by atoms with van der Waals surface area (Å²) in [6.07, 6.45) is 4.21. The fourth-order valence-corrected chi connectivity index (χ4v) is 4.42. The molecule has 1 aromatic heterocycles. The Balaban J connectivity index is 1.91. The van der Waals surface area contributed by atoms with E-state index in [9.17, 15) is 14.0 Å². The number of rotatable bonds is 4. The largest absolute Gasteiger partial charge is 0.465 e. The van der Waals surface area contributed by atoms with E-state index in [1.165, 1.54) is 19.2 Å². The maximum absolute atomic E-state index is 13.8. The zero-order chi connectivity index (χ0) is 18.7. The van der Waals surface area contributed by atoms with Gasteiger partial charge in [0.25, 0.3) is 0 Å². The highest BCUT2D eigenvalue weighted by atomic mass is 32.1. The summed E-state index contributed by atoms with van der Waals surface area (Å²) in [6, 6.07) is 6.26. The van der Waals surface area contributed by atoms with Gasteiger partial charge in [-0.2, -0.15) is 0 Å². The number of anilines is 1. The first-order valence-corrected chi connectivity index (χ1v) is 9.41. The summed E-state index contributed by atoms with van der Waals surface area (Å²) in [7, 11) is 1.31. The van der Waals surface area contributed by atoms with Crippen molar-refractivity contribution in [3.8, 4) is 0 Å². The number of benzene rings is 1. The monoisotopic (exact) mass is 376 g/mol. The molecule has 0 radical (unpaired) electrons. The smallest absolute Gasteiger partial charge is 0.350 e. The summed E-state index contributed by atoms with van der Waals surface area (Å²) in [5.41, 5.74) is 0.433. The van der Waals surface area contributed by atoms with Crippen LogP contribution in [0.4, 0.5) is 9.52 Å². The molecule has 0 aliphatic heterocycles. The fraction of sp³-hybridized carbons (Fsp3) is 0.421. The van der Waals surface area contributed by atoms with Crippen LogP contribution in [0.5, 0.6) is 0 Å². The van der Waals surface area contributed by atoms with Crippen molar-refractivity contribution < 1.29 is 18.7 Å². The topological polar surface area (TPSA) is 68.3 Å². The summed E-state index contributed by atoms with van der Waals surface area (Å²) in [4.78, 5) is 29.6. The maximum Gasteiger partial charge on any atom is 0.350 e. The molecular formula is C19H21FN2O3S. The molecule has 26 heavy (non-hydrogen) atoms. The molecule has 2 aromatic rings. The number of carbonyl (C=O) groups is 2. The third kappa shape index (κ3) is 3.49. The molecule has 138 valence electrons. The van der Waals surface area contributed by atoms with Crippen molar-refractivity contribution in [2.45, 2.75) is 44.4 Å². The lowest BCUT2D eigenvalue weighted by atomic mass is 9.68. The molecule has 1 saturated carbocycles. The number of aryl methyl sites for hydroxylation is 1. The van der Waals surface area contributed by atoms with Gasteiger partial charge in [-0.1, -0.05) is 42.7 Å². The highest BCUT2D eigenvalue weighted by Gasteiger charge is 2.41. The second-order valence-corrected chi connectivity index (χ2v) is 7.53. The molecule has 5 nitrogen and oxygen atoms in total. The van der Waals surface area contributed by atoms with Gasteiger partial charge in [0.05, 0.1) is 18.2 Å². The Labute approximate surface area is 155 Å². The number of esters is 1. The molecule has 1 fully saturated rings. The number of hydrogen-bond acceptors (Lipinski definition) is 5. The first-order valence-electron chi connectivity index (χ1n) is 8.59. The number of nitrogens with zero attached hydrogens (tertiary/aromatic N) is 1. The van der Waals surface area contributed by atoms with Crippen LogP contribution in [0.2, 0.25) is 0 Å². The van der Waals surface area contributed by atoms with Crippen LogP contribution in [0.1, 0.15) is 53.0 Å². The first kappa shape index (κ1) is 18.5. The quantitative estimate of drug-likeness (QED) is 0.812. The van der Waals surface area contributed by atoms with Crippen molar-refractivity contribution in [2.24, 2.45) is 0 Å². The normalized spacial score (nSPS) is 16.1. The standard InChI is InChI=1S/C19H21FN2O3S/c1-12-15(16(23)25-2)26-18(21-12)22-17(24)19(9-4-3-5-10-19)13-7-6-8-14(20)11-13/h6-8,11H,3-5,9-10H2,1-2H3,(H,21,22,24). The Kier molecular flexibility index (Phi) is 5.36. The van der Waals surface area contributed by atoms with Crippen molar-refractivity contribution in [1.82, 2.24) is 4.98 Å². The molecule has 0 atom stereocenters. The van der Waals surface area contributed by atoms with E-state index < -0.39 is 11.4 Å². The molecule has 0 spiro atoms. The number of methoxy groups -OCH3 is 1. The predicted octanol–water partition coefficient (Wildman–Crippen LogP) is 4.22. The van der Waals surface area contributed by atoms with Gasteiger partial charge >= 0.3 is 5.97 Å². The zero-order valence-electron chi connectivity index (χ0n) is 14.8. The van der Waals surface area contributed by atoms with E-state index in [4.69, 9.17) is 4.74 Å². The number of carbonyl (C=O) groups excluding carboxylic acids is 2. The number of amides is 1. The molecule has 1 heterocycles. The molecule has 1 N–H and O–H groups in total. The lowest BCUT2D eigenvalue weighted by molar-refractivity contribution is -0.122. The Morgan fingerprint density at radius 1 is 1.27 bits per heavy atom. The summed E-state index contributed by atoms with van der Waals surface area (Å²) in [5, 5.41) is 3.20. The summed E-state index contributed by atoms with van der Waals surface area (Å²) < 4.78 is 18.5. The lowest BCUT2D eigenvalue weighted by Gasteiger charge is -2.36. The van der Waals surface area contributed by atoms with Crippen molar-refractivity contribution in [3.63, 3.8) is 0 Å². The van der Waals surface area contributed by atoms with E-state index >= 15 is 0 Å². The van der Waals surface area contributed by atoms with E-state index in [1.807, 2.05) is 0 Å². The van der Waals surface area contributed by atoms with E-state index in [0.717, 1.165) is 30.6 Å². The second kappa shape index (κ2) is 7.53. The van der Waals surface area contributed by atoms with Gasteiger partial charge in [-0.25, -0.2) is 14.2 Å². The van der Waals surface area contributed by atoms with Crippen LogP contribution in [0.25, 0.3) is 0 Å². The van der Waals surface area contributed by atoms with Crippen molar-refractivity contribution in [3.05, 3.63) is 46.2 Å². The van der Waals surface area contributed by atoms with Crippen molar-refractivity contribution in [1.29, 1.82) is 0 Å². The van der Waals surface area contributed by atoms with Gasteiger partial charge in [0.2, 0.25) is 5.91 Å². The highest BCUT2D eigenvalue weighted by Crippen LogP contribution is 2.41.